The molecule has 0 aromatic rings. The van der Waals surface area contributed by atoms with Crippen LogP contribution in [0.15, 0.2) is 24.8 Å². The molecule has 0 aromatic heterocycles. The summed E-state index contributed by atoms with van der Waals surface area (Å²) in [5, 5.41) is 0. The van der Waals surface area contributed by atoms with Gasteiger partial charge >= 0.3 is 0 Å². The topological polar surface area (TPSA) is 9.23 Å². The second kappa shape index (κ2) is 3.37. The van der Waals surface area contributed by atoms with Crippen molar-refractivity contribution in [1.82, 2.24) is 0 Å². The van der Waals surface area contributed by atoms with Gasteiger partial charge in [0.2, 0.25) is 0 Å². The molecule has 0 radical (unpaired) electrons. The van der Waals surface area contributed by atoms with E-state index in [0.29, 0.717) is 0 Å². The maximum Gasteiger partial charge on any atom is 0.188 e. The highest BCUT2D eigenvalue weighted by Crippen LogP contribution is 2.20. The van der Waals surface area contributed by atoms with E-state index in [2.05, 4.69) is 31.8 Å². The van der Waals surface area contributed by atoms with Crippen molar-refractivity contribution in [3.8, 4) is 0 Å². The predicted octanol–water partition coefficient (Wildman–Crippen LogP) is 2.72. The molecule has 0 bridgehead atoms. The Bertz CT molecular complexity index is 172. The van der Waals surface area contributed by atoms with Gasteiger partial charge in [-0.05, 0) is 25.6 Å². The van der Waals surface area contributed by atoms with E-state index >= 15 is 0 Å². The Balaban J connectivity index is 2.63. The fraction of sp³-hybridized carbons (Fsp3) is 0.556. The van der Waals surface area contributed by atoms with E-state index in [4.69, 9.17) is 4.43 Å². The molecular formula is C9H16OSi. The summed E-state index contributed by atoms with van der Waals surface area (Å²) >= 11 is 0. The molecule has 0 fully saturated rings. The molecule has 1 heterocycles. The standard InChI is InChI=1S/C9H16OSi/c1-4-9-7-5-6-8-11(2,3)10-9/h4-5,7,9H,1,6,8H2,2-3H3. The molecule has 0 aromatic carbocycles. The highest BCUT2D eigenvalue weighted by molar-refractivity contribution is 6.71. The molecule has 0 N–H and O–H groups in total. The van der Waals surface area contributed by atoms with E-state index in [1.165, 1.54) is 12.5 Å². The Morgan fingerprint density at radius 1 is 1.64 bits per heavy atom. The van der Waals surface area contributed by atoms with Gasteiger partial charge in [0.1, 0.15) is 0 Å². The first kappa shape index (κ1) is 8.75. The van der Waals surface area contributed by atoms with Gasteiger partial charge < -0.3 is 4.43 Å². The van der Waals surface area contributed by atoms with Gasteiger partial charge in [0.15, 0.2) is 8.32 Å². The van der Waals surface area contributed by atoms with Gasteiger partial charge in [-0.3, -0.25) is 0 Å². The maximum absolute atomic E-state index is 5.88. The van der Waals surface area contributed by atoms with Crippen LogP contribution in [0.2, 0.25) is 19.1 Å². The average molecular weight is 168 g/mol. The summed E-state index contributed by atoms with van der Waals surface area (Å²) in [6, 6.07) is 1.23. The van der Waals surface area contributed by atoms with Gasteiger partial charge in [0.25, 0.3) is 0 Å². The largest absolute Gasteiger partial charge is 0.408 e. The second-order valence-corrected chi connectivity index (χ2v) is 7.80. The molecule has 1 unspecified atom stereocenters. The van der Waals surface area contributed by atoms with Crippen LogP contribution in [0, 0.1) is 0 Å². The van der Waals surface area contributed by atoms with Crippen LogP contribution in [-0.4, -0.2) is 14.4 Å². The smallest absolute Gasteiger partial charge is 0.188 e. The second-order valence-electron chi connectivity index (χ2n) is 3.54. The third-order valence-electron chi connectivity index (χ3n) is 1.93. The summed E-state index contributed by atoms with van der Waals surface area (Å²) in [6.07, 6.45) is 7.52. The molecule has 11 heavy (non-hydrogen) atoms. The number of hydrogen-bond donors (Lipinski definition) is 0. The summed E-state index contributed by atoms with van der Waals surface area (Å²) in [7, 11) is -1.36. The van der Waals surface area contributed by atoms with Crippen molar-refractivity contribution in [2.45, 2.75) is 31.7 Å². The van der Waals surface area contributed by atoms with Gasteiger partial charge in [-0.15, -0.1) is 6.58 Å². The zero-order valence-electron chi connectivity index (χ0n) is 7.34. The van der Waals surface area contributed by atoms with Crippen LogP contribution in [0.25, 0.3) is 0 Å². The van der Waals surface area contributed by atoms with Crippen molar-refractivity contribution in [2.24, 2.45) is 0 Å². The van der Waals surface area contributed by atoms with E-state index in [9.17, 15) is 0 Å². The van der Waals surface area contributed by atoms with E-state index < -0.39 is 8.32 Å². The first-order valence-electron chi connectivity index (χ1n) is 4.11. The van der Waals surface area contributed by atoms with Crippen LogP contribution >= 0.6 is 0 Å². The quantitative estimate of drug-likeness (QED) is 0.432. The van der Waals surface area contributed by atoms with E-state index in [1.54, 1.807) is 0 Å². The highest BCUT2D eigenvalue weighted by atomic mass is 28.4. The van der Waals surface area contributed by atoms with Crippen molar-refractivity contribution >= 4 is 8.32 Å². The molecule has 0 amide bonds. The van der Waals surface area contributed by atoms with Crippen LogP contribution in [-0.2, 0) is 4.43 Å². The third-order valence-corrected chi connectivity index (χ3v) is 4.33. The van der Waals surface area contributed by atoms with Gasteiger partial charge in [-0.1, -0.05) is 18.2 Å². The minimum atomic E-state index is -1.36. The van der Waals surface area contributed by atoms with Gasteiger partial charge in [-0.25, -0.2) is 0 Å². The molecule has 1 nitrogen and oxygen atoms in total. The van der Waals surface area contributed by atoms with Crippen LogP contribution in [0.5, 0.6) is 0 Å². The number of hydrogen-bond acceptors (Lipinski definition) is 1. The van der Waals surface area contributed by atoms with Crippen molar-refractivity contribution in [3.63, 3.8) is 0 Å². The zero-order valence-corrected chi connectivity index (χ0v) is 8.34. The van der Waals surface area contributed by atoms with Crippen LogP contribution in [0.1, 0.15) is 6.42 Å². The molecular weight excluding hydrogens is 152 g/mol. The molecule has 1 rings (SSSR count). The van der Waals surface area contributed by atoms with Crippen LogP contribution < -0.4 is 0 Å². The Morgan fingerprint density at radius 2 is 2.36 bits per heavy atom. The Morgan fingerprint density at radius 3 is 3.00 bits per heavy atom. The predicted molar refractivity (Wildman–Crippen MR) is 51.1 cm³/mol. The first-order chi connectivity index (χ1) is 5.14. The summed E-state index contributed by atoms with van der Waals surface area (Å²) in [5.74, 6) is 0. The summed E-state index contributed by atoms with van der Waals surface area (Å²) in [5.41, 5.74) is 0. The van der Waals surface area contributed by atoms with Crippen molar-refractivity contribution in [3.05, 3.63) is 24.8 Å². The van der Waals surface area contributed by atoms with Gasteiger partial charge in [0, 0.05) is 0 Å². The Kier molecular flexibility index (Phi) is 2.68. The van der Waals surface area contributed by atoms with Crippen LogP contribution in [0.4, 0.5) is 0 Å². The van der Waals surface area contributed by atoms with Crippen molar-refractivity contribution in [2.75, 3.05) is 0 Å². The normalized spacial score (nSPS) is 29.5. The molecule has 62 valence electrons. The molecule has 2 heteroatoms. The lowest BCUT2D eigenvalue weighted by Crippen LogP contribution is -2.32. The minimum Gasteiger partial charge on any atom is -0.408 e. The Hall–Kier alpha value is -0.343. The van der Waals surface area contributed by atoms with Crippen molar-refractivity contribution < 1.29 is 4.43 Å². The SMILES string of the molecule is C=CC1C=CCC[Si](C)(C)O1. The maximum atomic E-state index is 5.88. The molecule has 0 spiro atoms. The fourth-order valence-electron chi connectivity index (χ4n) is 1.25. The van der Waals surface area contributed by atoms with Gasteiger partial charge in [0.05, 0.1) is 6.10 Å². The Labute approximate surface area is 69.9 Å². The first-order valence-corrected chi connectivity index (χ1v) is 7.23. The van der Waals surface area contributed by atoms with E-state index in [0.717, 1.165) is 0 Å². The summed E-state index contributed by atoms with van der Waals surface area (Å²) in [4.78, 5) is 0. The molecule has 0 saturated carbocycles. The minimum absolute atomic E-state index is 0.166. The summed E-state index contributed by atoms with van der Waals surface area (Å²) < 4.78 is 5.88. The van der Waals surface area contributed by atoms with Crippen LogP contribution in [0.3, 0.4) is 0 Å². The molecule has 0 aliphatic carbocycles. The molecule has 1 aliphatic heterocycles. The summed E-state index contributed by atoms with van der Waals surface area (Å²) in [6.45, 7) is 8.26. The van der Waals surface area contributed by atoms with Crippen molar-refractivity contribution in [1.29, 1.82) is 0 Å². The molecule has 1 atom stereocenters. The van der Waals surface area contributed by atoms with Gasteiger partial charge in [-0.2, -0.15) is 0 Å². The third kappa shape index (κ3) is 2.64. The monoisotopic (exact) mass is 168 g/mol. The lowest BCUT2D eigenvalue weighted by Gasteiger charge is -2.23. The number of rotatable bonds is 1. The highest BCUT2D eigenvalue weighted by Gasteiger charge is 2.25. The molecule has 1 aliphatic rings. The average Bonchev–Trinajstić information content (AvgIpc) is 2.10. The molecule has 0 saturated heterocycles. The number of allylic oxidation sites excluding steroid dienone is 1. The van der Waals surface area contributed by atoms with E-state index in [1.807, 2.05) is 6.08 Å². The lowest BCUT2D eigenvalue weighted by atomic mass is 10.3. The zero-order chi connectivity index (χ0) is 8.32. The van der Waals surface area contributed by atoms with E-state index in [-0.39, 0.29) is 6.10 Å². The lowest BCUT2D eigenvalue weighted by molar-refractivity contribution is 0.288. The fourth-order valence-corrected chi connectivity index (χ4v) is 3.15.